The molecule has 0 aliphatic heterocycles. The summed E-state index contributed by atoms with van der Waals surface area (Å²) in [6, 6.07) is 21.9. The zero-order valence-electron chi connectivity index (χ0n) is 21.1. The number of nitrogens with zero attached hydrogens (tertiary/aromatic N) is 1. The molecule has 0 radical (unpaired) electrons. The van der Waals surface area contributed by atoms with Crippen molar-refractivity contribution < 1.29 is 9.53 Å². The summed E-state index contributed by atoms with van der Waals surface area (Å²) in [5.41, 5.74) is 8.79. The fourth-order valence-electron chi connectivity index (χ4n) is 4.18. The van der Waals surface area contributed by atoms with Crippen LogP contribution in [0.3, 0.4) is 0 Å². The molecule has 0 fully saturated rings. The number of ether oxygens (including phenoxy) is 1. The maximum Gasteiger partial charge on any atom is 0.245 e. The van der Waals surface area contributed by atoms with Gasteiger partial charge in [0.05, 0.1) is 6.54 Å². The van der Waals surface area contributed by atoms with Crippen molar-refractivity contribution in [3.63, 3.8) is 0 Å². The zero-order chi connectivity index (χ0) is 24.5. The third-order valence-corrected chi connectivity index (χ3v) is 6.32. The van der Waals surface area contributed by atoms with Gasteiger partial charge in [-0.1, -0.05) is 74.9 Å². The first-order chi connectivity index (χ1) is 16.4. The van der Waals surface area contributed by atoms with E-state index in [0.717, 1.165) is 12.2 Å². The molecule has 34 heavy (non-hydrogen) atoms. The highest BCUT2D eigenvalue weighted by Crippen LogP contribution is 2.32. The van der Waals surface area contributed by atoms with Gasteiger partial charge in [0, 0.05) is 7.05 Å². The molecule has 0 saturated heterocycles. The normalized spacial score (nSPS) is 10.7. The zero-order valence-corrected chi connectivity index (χ0v) is 21.1. The second kappa shape index (κ2) is 12.2. The van der Waals surface area contributed by atoms with Crippen molar-refractivity contribution in [3.8, 4) is 28.0 Å². The van der Waals surface area contributed by atoms with Gasteiger partial charge >= 0.3 is 0 Å². The highest BCUT2D eigenvalue weighted by molar-refractivity contribution is 5.86. The molecule has 3 rings (SSSR count). The largest absolute Gasteiger partial charge is 0.492 e. The van der Waals surface area contributed by atoms with Gasteiger partial charge in [0.15, 0.2) is 0 Å². The monoisotopic (exact) mass is 455 g/mol. The van der Waals surface area contributed by atoms with Gasteiger partial charge in [0.2, 0.25) is 5.91 Å². The number of likely N-dealkylation sites (N-methyl/N-ethyl adjacent to an activating group) is 1. The van der Waals surface area contributed by atoms with Gasteiger partial charge < -0.3 is 9.64 Å². The van der Waals surface area contributed by atoms with Gasteiger partial charge in [-0.05, 0) is 83.8 Å². The molecular weight excluding hydrogens is 418 g/mol. The van der Waals surface area contributed by atoms with Crippen molar-refractivity contribution in [2.24, 2.45) is 0 Å². The van der Waals surface area contributed by atoms with Crippen molar-refractivity contribution in [3.05, 3.63) is 90.0 Å². The Labute approximate surface area is 205 Å². The van der Waals surface area contributed by atoms with Crippen LogP contribution in [0.15, 0.2) is 73.3 Å². The van der Waals surface area contributed by atoms with E-state index in [1.807, 2.05) is 6.07 Å². The van der Waals surface area contributed by atoms with Gasteiger partial charge in [-0.15, -0.1) is 0 Å². The molecular formula is C31H37NO2. The van der Waals surface area contributed by atoms with Gasteiger partial charge in [-0.25, -0.2) is 0 Å². The minimum absolute atomic E-state index is 0.100. The second-order valence-corrected chi connectivity index (χ2v) is 8.97. The average Bonchev–Trinajstić information content (AvgIpc) is 2.84. The third-order valence-electron chi connectivity index (χ3n) is 6.32. The van der Waals surface area contributed by atoms with Crippen LogP contribution in [-0.2, 0) is 11.2 Å². The Morgan fingerprint density at radius 3 is 2.18 bits per heavy atom. The molecule has 3 aromatic carbocycles. The maximum absolute atomic E-state index is 11.6. The minimum atomic E-state index is -0.100. The molecule has 0 aromatic heterocycles. The topological polar surface area (TPSA) is 29.5 Å². The molecule has 0 unspecified atom stereocenters. The van der Waals surface area contributed by atoms with Crippen LogP contribution < -0.4 is 4.74 Å². The maximum atomic E-state index is 11.6. The van der Waals surface area contributed by atoms with E-state index < -0.39 is 0 Å². The Balaban J connectivity index is 1.68. The Morgan fingerprint density at radius 1 is 0.912 bits per heavy atom. The van der Waals surface area contributed by atoms with Crippen LogP contribution in [0, 0.1) is 13.8 Å². The van der Waals surface area contributed by atoms with Crippen molar-refractivity contribution >= 4 is 5.91 Å². The second-order valence-electron chi connectivity index (χ2n) is 8.97. The third kappa shape index (κ3) is 6.60. The van der Waals surface area contributed by atoms with Crippen molar-refractivity contribution in [1.82, 2.24) is 4.90 Å². The number of carbonyl (C=O) groups is 1. The van der Waals surface area contributed by atoms with Crippen LogP contribution in [0.25, 0.3) is 22.3 Å². The first-order valence-corrected chi connectivity index (χ1v) is 12.2. The Hall–Kier alpha value is -3.33. The molecule has 1 amide bonds. The molecule has 3 heteroatoms. The molecule has 178 valence electrons. The molecule has 3 aromatic rings. The molecule has 0 aliphatic carbocycles. The fraction of sp³-hybridized carbons (Fsp3) is 0.323. The lowest BCUT2D eigenvalue weighted by Gasteiger charge is -2.16. The summed E-state index contributed by atoms with van der Waals surface area (Å²) in [6.45, 7) is 11.0. The van der Waals surface area contributed by atoms with Crippen LogP contribution in [0.1, 0.15) is 42.9 Å². The van der Waals surface area contributed by atoms with E-state index in [9.17, 15) is 4.79 Å². The summed E-state index contributed by atoms with van der Waals surface area (Å²) >= 11 is 0. The smallest absolute Gasteiger partial charge is 0.245 e. The van der Waals surface area contributed by atoms with E-state index in [1.165, 1.54) is 64.3 Å². The Morgan fingerprint density at radius 2 is 1.56 bits per heavy atom. The van der Waals surface area contributed by atoms with E-state index in [-0.39, 0.29) is 5.91 Å². The lowest BCUT2D eigenvalue weighted by Crippen LogP contribution is -2.29. The molecule has 0 aliphatic rings. The number of benzene rings is 3. The Kier molecular flexibility index (Phi) is 9.09. The number of rotatable bonds is 11. The molecule has 0 atom stereocenters. The minimum Gasteiger partial charge on any atom is -0.492 e. The van der Waals surface area contributed by atoms with E-state index in [2.05, 4.69) is 81.9 Å². The standard InChI is InChI=1S/C31H37NO2/c1-6-8-9-10-25-11-13-26(14-12-25)27-15-17-29(23(3)21-27)30-18-16-28(22-24(30)4)34-20-19-32(5)31(33)7-2/h7,11-18,21-22H,2,6,8-10,19-20H2,1,3-5H3. The number of carbonyl (C=O) groups excluding carboxylic acids is 1. The summed E-state index contributed by atoms with van der Waals surface area (Å²) < 4.78 is 5.86. The van der Waals surface area contributed by atoms with E-state index in [4.69, 9.17) is 4.74 Å². The van der Waals surface area contributed by atoms with Crippen molar-refractivity contribution in [2.75, 3.05) is 20.2 Å². The van der Waals surface area contributed by atoms with Crippen molar-refractivity contribution in [2.45, 2.75) is 46.5 Å². The summed E-state index contributed by atoms with van der Waals surface area (Å²) in [7, 11) is 1.75. The van der Waals surface area contributed by atoms with Crippen LogP contribution in [-0.4, -0.2) is 31.0 Å². The van der Waals surface area contributed by atoms with Gasteiger partial charge in [-0.3, -0.25) is 4.79 Å². The summed E-state index contributed by atoms with van der Waals surface area (Å²) in [4.78, 5) is 13.2. The predicted molar refractivity (Wildman–Crippen MR) is 143 cm³/mol. The first kappa shape index (κ1) is 25.3. The molecule has 0 bridgehead atoms. The highest BCUT2D eigenvalue weighted by Gasteiger charge is 2.09. The quantitative estimate of drug-likeness (QED) is 0.223. The summed E-state index contributed by atoms with van der Waals surface area (Å²) in [5.74, 6) is 0.714. The molecule has 0 N–H and O–H groups in total. The SMILES string of the molecule is C=CC(=O)N(C)CCOc1ccc(-c2ccc(-c3ccc(CCCCC)cc3)cc2C)c(C)c1. The molecule has 0 heterocycles. The van der Waals surface area contributed by atoms with Crippen molar-refractivity contribution in [1.29, 1.82) is 0 Å². The number of hydrogen-bond donors (Lipinski definition) is 0. The average molecular weight is 456 g/mol. The fourth-order valence-corrected chi connectivity index (χ4v) is 4.18. The summed E-state index contributed by atoms with van der Waals surface area (Å²) in [5, 5.41) is 0. The van der Waals surface area contributed by atoms with Crippen LogP contribution >= 0.6 is 0 Å². The van der Waals surface area contributed by atoms with E-state index >= 15 is 0 Å². The number of amides is 1. The van der Waals surface area contributed by atoms with Crippen LogP contribution in [0.5, 0.6) is 5.75 Å². The number of aryl methyl sites for hydroxylation is 3. The Bertz CT molecular complexity index is 1110. The van der Waals surface area contributed by atoms with Gasteiger partial charge in [-0.2, -0.15) is 0 Å². The van der Waals surface area contributed by atoms with Gasteiger partial charge in [0.1, 0.15) is 12.4 Å². The molecule has 3 nitrogen and oxygen atoms in total. The van der Waals surface area contributed by atoms with Crippen LogP contribution in [0.2, 0.25) is 0 Å². The number of hydrogen-bond acceptors (Lipinski definition) is 2. The molecule has 0 spiro atoms. The number of unbranched alkanes of at least 4 members (excludes halogenated alkanes) is 2. The highest BCUT2D eigenvalue weighted by atomic mass is 16.5. The van der Waals surface area contributed by atoms with Gasteiger partial charge in [0.25, 0.3) is 0 Å². The lowest BCUT2D eigenvalue weighted by molar-refractivity contribution is -0.125. The predicted octanol–water partition coefficient (Wildman–Crippen LogP) is 7.39. The van der Waals surface area contributed by atoms with E-state index in [0.29, 0.717) is 13.2 Å². The first-order valence-electron chi connectivity index (χ1n) is 12.2. The van der Waals surface area contributed by atoms with Crippen LogP contribution in [0.4, 0.5) is 0 Å². The van der Waals surface area contributed by atoms with E-state index in [1.54, 1.807) is 11.9 Å². The summed E-state index contributed by atoms with van der Waals surface area (Å²) in [6.07, 6.45) is 6.29. The lowest BCUT2D eigenvalue weighted by atomic mass is 9.93. The molecule has 0 saturated carbocycles.